The summed E-state index contributed by atoms with van der Waals surface area (Å²) in [5, 5.41) is 8.82. The number of hydrogen-bond acceptors (Lipinski definition) is 5. The third-order valence-corrected chi connectivity index (χ3v) is 0.885. The molecule has 0 fully saturated rings. The summed E-state index contributed by atoms with van der Waals surface area (Å²) >= 11 is 0. The Morgan fingerprint density at radius 2 is 1.56 bits per heavy atom. The van der Waals surface area contributed by atoms with Crippen molar-refractivity contribution >= 4 is 11.9 Å². The van der Waals surface area contributed by atoms with Gasteiger partial charge in [0.15, 0.2) is 0 Å². The summed E-state index contributed by atoms with van der Waals surface area (Å²) in [7, 11) is 0. The van der Waals surface area contributed by atoms with E-state index in [1.165, 1.54) is 0 Å². The fraction of sp³-hybridized carbons (Fsp3) is 0.300. The summed E-state index contributed by atoms with van der Waals surface area (Å²) in [5.74, 6) is -1.26. The van der Waals surface area contributed by atoms with Crippen LogP contribution in [0.1, 0.15) is 0 Å². The van der Waals surface area contributed by atoms with E-state index in [1.807, 2.05) is 0 Å². The summed E-state index contributed by atoms with van der Waals surface area (Å²) in [4.78, 5) is 29.3. The molecule has 0 unspecified atom stereocenters. The monoisotopic (exact) mass is 230 g/mol. The minimum Gasteiger partial charge on any atom is -0.460 e. The molecule has 0 rings (SSSR count). The Balaban J connectivity index is 0. The van der Waals surface area contributed by atoms with E-state index in [0.29, 0.717) is 0 Å². The van der Waals surface area contributed by atoms with Crippen LogP contribution >= 0.6 is 0 Å². The van der Waals surface area contributed by atoms with Gasteiger partial charge in [-0.15, -0.1) is 0 Å². The third-order valence-electron chi connectivity index (χ3n) is 0.885. The average molecular weight is 230 g/mol. The van der Waals surface area contributed by atoms with Crippen molar-refractivity contribution in [2.75, 3.05) is 19.8 Å². The fourth-order valence-electron chi connectivity index (χ4n) is 0.369. The van der Waals surface area contributed by atoms with Crippen LogP contribution in [-0.2, 0) is 29.2 Å². The highest BCUT2D eigenvalue weighted by Gasteiger charge is 1.98. The van der Waals surface area contributed by atoms with Crippen LogP contribution < -0.4 is 0 Å². The van der Waals surface area contributed by atoms with Gasteiger partial charge >= 0.3 is 11.9 Å². The average Bonchev–Trinajstić information content (AvgIpc) is 2.29. The second-order valence-corrected chi connectivity index (χ2v) is 2.00. The summed E-state index contributed by atoms with van der Waals surface area (Å²) in [5.41, 5.74) is 0. The highest BCUT2D eigenvalue weighted by Crippen LogP contribution is 1.84. The third kappa shape index (κ3) is 14.8. The molecule has 0 heterocycles. The SMILES string of the molecule is C=CC(=O)OCCOOC(=O)C=C.[CH2]C[O]. The molecule has 0 amide bonds. The lowest BCUT2D eigenvalue weighted by molar-refractivity contribution is -0.270. The molecule has 0 saturated carbocycles. The molecule has 0 aromatic heterocycles. The Hall–Kier alpha value is -1.66. The highest BCUT2D eigenvalue weighted by molar-refractivity contribution is 5.81. The van der Waals surface area contributed by atoms with Crippen LogP contribution in [-0.4, -0.2) is 31.8 Å². The molecule has 2 radical (unpaired) electrons. The zero-order valence-corrected chi connectivity index (χ0v) is 8.85. The first kappa shape index (κ1) is 16.8. The van der Waals surface area contributed by atoms with E-state index in [4.69, 9.17) is 5.11 Å². The Morgan fingerprint density at radius 3 is 2.00 bits per heavy atom. The second kappa shape index (κ2) is 13.3. The standard InChI is InChI=1S/C8H10O5.C2H4O/c1-3-7(9)11-5-6-12-13-8(10)4-2;1-2-3/h3-4H,1-2,5-6H2;1-2H2. The molecule has 0 atom stereocenters. The van der Waals surface area contributed by atoms with E-state index < -0.39 is 11.9 Å². The van der Waals surface area contributed by atoms with Crippen molar-refractivity contribution in [2.24, 2.45) is 0 Å². The van der Waals surface area contributed by atoms with Gasteiger partial charge in [0.2, 0.25) is 0 Å². The molecule has 0 bridgehead atoms. The minimum atomic E-state index is -0.699. The number of carbonyl (C=O) groups excluding carboxylic acids is 2. The lowest BCUT2D eigenvalue weighted by Crippen LogP contribution is -2.10. The van der Waals surface area contributed by atoms with Crippen LogP contribution in [0, 0.1) is 6.92 Å². The summed E-state index contributed by atoms with van der Waals surface area (Å²) in [6, 6.07) is 0. The zero-order chi connectivity index (χ0) is 12.8. The first-order valence-electron chi connectivity index (χ1n) is 4.24. The van der Waals surface area contributed by atoms with Crippen molar-refractivity contribution in [3.63, 3.8) is 0 Å². The molecule has 6 heteroatoms. The van der Waals surface area contributed by atoms with Gasteiger partial charge in [0.25, 0.3) is 0 Å². The summed E-state index contributed by atoms with van der Waals surface area (Å²) < 4.78 is 4.51. The first-order valence-corrected chi connectivity index (χ1v) is 4.24. The van der Waals surface area contributed by atoms with Gasteiger partial charge in [-0.2, -0.15) is 4.89 Å². The topological polar surface area (TPSA) is 81.7 Å². The van der Waals surface area contributed by atoms with E-state index in [-0.39, 0.29) is 19.8 Å². The Bertz CT molecular complexity index is 201. The van der Waals surface area contributed by atoms with Crippen molar-refractivity contribution in [1.82, 2.24) is 0 Å². The maximum atomic E-state index is 10.4. The first-order chi connectivity index (χ1) is 7.62. The van der Waals surface area contributed by atoms with Crippen LogP contribution in [0.5, 0.6) is 0 Å². The molecule has 6 nitrogen and oxygen atoms in total. The van der Waals surface area contributed by atoms with Gasteiger partial charge in [-0.05, 0) is 6.92 Å². The number of carbonyl (C=O) groups is 2. The van der Waals surface area contributed by atoms with Gasteiger partial charge in [0, 0.05) is 12.2 Å². The molecule has 0 aliphatic carbocycles. The van der Waals surface area contributed by atoms with Crippen LogP contribution in [0.15, 0.2) is 25.3 Å². The van der Waals surface area contributed by atoms with Crippen LogP contribution in [0.3, 0.4) is 0 Å². The van der Waals surface area contributed by atoms with Crippen molar-refractivity contribution in [1.29, 1.82) is 0 Å². The predicted molar refractivity (Wildman–Crippen MR) is 54.3 cm³/mol. The molecule has 90 valence electrons. The van der Waals surface area contributed by atoms with Gasteiger partial charge in [-0.25, -0.2) is 14.7 Å². The minimum absolute atomic E-state index is 0.00469. The van der Waals surface area contributed by atoms with Gasteiger partial charge < -0.3 is 4.74 Å². The summed E-state index contributed by atoms with van der Waals surface area (Å²) in [6.45, 7) is 8.98. The van der Waals surface area contributed by atoms with Crippen LogP contribution in [0.4, 0.5) is 0 Å². The lowest BCUT2D eigenvalue weighted by Gasteiger charge is -2.01. The molecule has 0 aliphatic rings. The van der Waals surface area contributed by atoms with Gasteiger partial charge in [-0.1, -0.05) is 13.2 Å². The number of hydrogen-bond donors (Lipinski definition) is 0. The largest absolute Gasteiger partial charge is 0.460 e. The maximum Gasteiger partial charge on any atom is 0.365 e. The van der Waals surface area contributed by atoms with Crippen molar-refractivity contribution in [3.05, 3.63) is 32.2 Å². The maximum absolute atomic E-state index is 10.4. The fourth-order valence-corrected chi connectivity index (χ4v) is 0.369. The molecule has 0 N–H and O–H groups in total. The predicted octanol–water partition coefficient (Wildman–Crippen LogP) is 0.627. The van der Waals surface area contributed by atoms with Gasteiger partial charge in [-0.3, -0.25) is 4.89 Å². The Kier molecular flexibility index (Phi) is 14.0. The van der Waals surface area contributed by atoms with Crippen molar-refractivity contribution in [2.45, 2.75) is 0 Å². The normalized spacial score (nSPS) is 8.12. The number of esters is 1. The molecule has 0 saturated heterocycles. The van der Waals surface area contributed by atoms with E-state index in [9.17, 15) is 9.59 Å². The van der Waals surface area contributed by atoms with Crippen LogP contribution in [0.25, 0.3) is 0 Å². The molecule has 0 aromatic rings. The lowest BCUT2D eigenvalue weighted by atomic mass is 10.6. The number of rotatable bonds is 6. The van der Waals surface area contributed by atoms with E-state index in [0.717, 1.165) is 12.2 Å². The van der Waals surface area contributed by atoms with Gasteiger partial charge in [0.05, 0.1) is 6.61 Å². The quantitative estimate of drug-likeness (QED) is 0.220. The molecule has 16 heavy (non-hydrogen) atoms. The van der Waals surface area contributed by atoms with E-state index in [2.05, 4.69) is 34.6 Å². The molecule has 0 aromatic carbocycles. The molecule has 0 aliphatic heterocycles. The highest BCUT2D eigenvalue weighted by atomic mass is 17.2. The van der Waals surface area contributed by atoms with Crippen molar-refractivity contribution in [3.8, 4) is 0 Å². The van der Waals surface area contributed by atoms with E-state index in [1.54, 1.807) is 0 Å². The zero-order valence-electron chi connectivity index (χ0n) is 8.85. The molecule has 0 spiro atoms. The molecular formula is C10H14O6. The van der Waals surface area contributed by atoms with Crippen LogP contribution in [0.2, 0.25) is 0 Å². The second-order valence-electron chi connectivity index (χ2n) is 2.00. The smallest absolute Gasteiger partial charge is 0.365 e. The Morgan fingerprint density at radius 1 is 1.06 bits per heavy atom. The van der Waals surface area contributed by atoms with Crippen molar-refractivity contribution < 1.29 is 29.2 Å². The summed E-state index contributed by atoms with van der Waals surface area (Å²) in [6.07, 6.45) is 1.98. The van der Waals surface area contributed by atoms with Gasteiger partial charge in [0.1, 0.15) is 13.2 Å². The molecular weight excluding hydrogens is 216 g/mol. The number of ether oxygens (including phenoxy) is 1. The Labute approximate surface area is 94.0 Å². The van der Waals surface area contributed by atoms with E-state index >= 15 is 0 Å².